The Kier molecular flexibility index (Phi) is 6.81. The molecule has 7 nitrogen and oxygen atoms in total. The zero-order valence-corrected chi connectivity index (χ0v) is 23.2. The van der Waals surface area contributed by atoms with Crippen LogP contribution in [-0.4, -0.2) is 36.4 Å². The van der Waals surface area contributed by atoms with Crippen molar-refractivity contribution >= 4 is 16.9 Å². The summed E-state index contributed by atoms with van der Waals surface area (Å²) in [7, 11) is 0. The summed E-state index contributed by atoms with van der Waals surface area (Å²) in [5.41, 5.74) is 9.09. The van der Waals surface area contributed by atoms with E-state index in [1.165, 1.54) is 11.1 Å². The number of fused-ring (bicyclic) bond motifs is 2. The lowest BCUT2D eigenvalue weighted by Gasteiger charge is -2.27. The quantitative estimate of drug-likeness (QED) is 0.254. The number of aliphatic hydroxyl groups is 1. The highest BCUT2D eigenvalue weighted by Crippen LogP contribution is 2.40. The van der Waals surface area contributed by atoms with Crippen LogP contribution in [-0.2, 0) is 38.6 Å². The summed E-state index contributed by atoms with van der Waals surface area (Å²) in [5.74, 6) is 0.254. The number of benzene rings is 2. The van der Waals surface area contributed by atoms with Crippen molar-refractivity contribution in [3.8, 4) is 16.9 Å². The maximum absolute atomic E-state index is 13.2. The van der Waals surface area contributed by atoms with E-state index >= 15 is 0 Å². The fourth-order valence-corrected chi connectivity index (χ4v) is 5.92. The predicted octanol–water partition coefficient (Wildman–Crippen LogP) is 6.32. The van der Waals surface area contributed by atoms with Crippen molar-refractivity contribution < 1.29 is 18.3 Å². The van der Waals surface area contributed by atoms with E-state index in [1.807, 2.05) is 24.1 Å². The van der Waals surface area contributed by atoms with Crippen molar-refractivity contribution in [1.82, 2.24) is 24.7 Å². The van der Waals surface area contributed by atoms with Crippen LogP contribution in [0.2, 0.25) is 0 Å². The summed E-state index contributed by atoms with van der Waals surface area (Å²) >= 11 is 0. The molecular weight excluding hydrogens is 529 g/mol. The van der Waals surface area contributed by atoms with Crippen LogP contribution in [0.25, 0.3) is 27.8 Å². The summed E-state index contributed by atoms with van der Waals surface area (Å²) < 4.78 is 41.5. The van der Waals surface area contributed by atoms with Crippen molar-refractivity contribution in [3.05, 3.63) is 88.0 Å². The lowest BCUT2D eigenvalue weighted by Crippen LogP contribution is -2.31. The second-order valence-electron chi connectivity index (χ2n) is 10.4. The van der Waals surface area contributed by atoms with E-state index in [0.717, 1.165) is 75.5 Å². The highest BCUT2D eigenvalue weighted by Gasteiger charge is 2.33. The van der Waals surface area contributed by atoms with Gasteiger partial charge in [0.2, 0.25) is 5.95 Å². The summed E-state index contributed by atoms with van der Waals surface area (Å²) in [6.07, 6.45) is 1.33. The summed E-state index contributed by atoms with van der Waals surface area (Å²) in [6.45, 7) is 7.11. The minimum Gasteiger partial charge on any atom is -0.392 e. The molecule has 0 radical (unpaired) electrons. The second kappa shape index (κ2) is 10.3. The van der Waals surface area contributed by atoms with Crippen LogP contribution in [0.15, 0.2) is 48.9 Å². The van der Waals surface area contributed by atoms with Crippen LogP contribution in [0.5, 0.6) is 0 Å². The molecule has 41 heavy (non-hydrogen) atoms. The fourth-order valence-electron chi connectivity index (χ4n) is 5.92. The summed E-state index contributed by atoms with van der Waals surface area (Å²) in [5, 5.41) is 16.3. The number of alkyl halides is 3. The number of rotatable bonds is 6. The molecule has 1 aliphatic heterocycles. The number of aromatic amines is 1. The van der Waals surface area contributed by atoms with Gasteiger partial charge in [0.05, 0.1) is 34.8 Å². The van der Waals surface area contributed by atoms with E-state index in [9.17, 15) is 18.3 Å². The lowest BCUT2D eigenvalue weighted by atomic mass is 9.94. The molecule has 10 heteroatoms. The molecule has 0 bridgehead atoms. The number of H-pyrrole nitrogens is 1. The minimum absolute atomic E-state index is 0.0851. The largest absolute Gasteiger partial charge is 0.419 e. The molecule has 0 spiro atoms. The smallest absolute Gasteiger partial charge is 0.392 e. The number of aryl methyl sites for hydroxylation is 3. The topological polar surface area (TPSA) is 82.9 Å². The number of hydrogen-bond acceptors (Lipinski definition) is 5. The average molecular weight is 561 g/mol. The minimum atomic E-state index is -4.49. The Bertz CT molecular complexity index is 1710. The Morgan fingerprint density at radius 3 is 2.39 bits per heavy atom. The van der Waals surface area contributed by atoms with Gasteiger partial charge in [-0.1, -0.05) is 32.0 Å². The Hall–Kier alpha value is -4.18. The first-order chi connectivity index (χ1) is 19.7. The van der Waals surface area contributed by atoms with Gasteiger partial charge in [-0.2, -0.15) is 18.3 Å². The van der Waals surface area contributed by atoms with Crippen LogP contribution in [0, 0.1) is 6.92 Å². The third kappa shape index (κ3) is 4.56. The van der Waals surface area contributed by atoms with Crippen molar-refractivity contribution in [2.45, 2.75) is 59.4 Å². The van der Waals surface area contributed by atoms with E-state index in [4.69, 9.17) is 5.10 Å². The normalized spacial score (nSPS) is 13.7. The van der Waals surface area contributed by atoms with Gasteiger partial charge in [-0.15, -0.1) is 0 Å². The molecule has 0 amide bonds. The molecule has 0 unspecified atom stereocenters. The van der Waals surface area contributed by atoms with E-state index in [0.29, 0.717) is 19.5 Å². The van der Waals surface area contributed by atoms with Gasteiger partial charge in [-0.05, 0) is 48.6 Å². The first-order valence-electron chi connectivity index (χ1n) is 13.8. The maximum Gasteiger partial charge on any atom is 0.419 e. The average Bonchev–Trinajstić information content (AvgIpc) is 3.61. The first-order valence-corrected chi connectivity index (χ1v) is 13.8. The number of halogens is 3. The summed E-state index contributed by atoms with van der Waals surface area (Å²) in [6, 6.07) is 10.5. The molecule has 2 N–H and O–H groups in total. The number of para-hydroxylation sites is 1. The van der Waals surface area contributed by atoms with E-state index in [1.54, 1.807) is 0 Å². The number of aromatic nitrogens is 5. The molecule has 0 saturated carbocycles. The van der Waals surface area contributed by atoms with E-state index in [2.05, 4.69) is 57.7 Å². The number of anilines is 1. The third-order valence-electron chi connectivity index (χ3n) is 8.05. The third-order valence-corrected chi connectivity index (χ3v) is 8.05. The standard InChI is InChI=1S/C31H31F3N6O/c1-4-19-7-6-8-20(5-2)28(19)40-29(23-13-18(3)25(17-41)27-22(23)9-11-35-27)24-16-39(12-10-26(24)38-40)30-36-14-21(15-37-30)31(32,33)34/h6-9,11,13-15,35,41H,4-5,10,12,16-17H2,1-3H3. The number of nitrogens with zero attached hydrogens (tertiary/aromatic N) is 5. The molecule has 0 atom stereocenters. The van der Waals surface area contributed by atoms with Crippen LogP contribution in [0.4, 0.5) is 19.1 Å². The van der Waals surface area contributed by atoms with Gasteiger partial charge in [0.25, 0.3) is 0 Å². The van der Waals surface area contributed by atoms with Gasteiger partial charge in [-0.25, -0.2) is 14.6 Å². The van der Waals surface area contributed by atoms with Crippen molar-refractivity contribution in [2.75, 3.05) is 11.4 Å². The maximum atomic E-state index is 13.2. The molecular formula is C31H31F3N6O. The van der Waals surface area contributed by atoms with Crippen molar-refractivity contribution in [3.63, 3.8) is 0 Å². The van der Waals surface area contributed by atoms with Crippen LogP contribution < -0.4 is 4.90 Å². The predicted molar refractivity (Wildman–Crippen MR) is 152 cm³/mol. The molecule has 1 aliphatic rings. The number of hydrogen-bond donors (Lipinski definition) is 2. The van der Waals surface area contributed by atoms with Crippen LogP contribution in [0.1, 0.15) is 52.9 Å². The Morgan fingerprint density at radius 2 is 1.76 bits per heavy atom. The van der Waals surface area contributed by atoms with Gasteiger partial charge in [0, 0.05) is 60.2 Å². The highest BCUT2D eigenvalue weighted by atomic mass is 19.4. The molecule has 0 fully saturated rings. The van der Waals surface area contributed by atoms with Gasteiger partial charge < -0.3 is 15.0 Å². The Morgan fingerprint density at radius 1 is 1.05 bits per heavy atom. The van der Waals surface area contributed by atoms with Gasteiger partial charge in [0.1, 0.15) is 0 Å². The van der Waals surface area contributed by atoms with Crippen LogP contribution in [0.3, 0.4) is 0 Å². The SMILES string of the molecule is CCc1cccc(CC)c1-n1nc2c(c1-c1cc(C)c(CO)c3[nH]ccc13)CN(c1ncc(C(F)(F)F)cn1)CC2. The molecule has 212 valence electrons. The Labute approximate surface area is 235 Å². The molecule has 0 saturated heterocycles. The molecule has 3 aromatic heterocycles. The summed E-state index contributed by atoms with van der Waals surface area (Å²) in [4.78, 5) is 13.4. The van der Waals surface area contributed by atoms with Crippen LogP contribution >= 0.6 is 0 Å². The molecule has 4 heterocycles. The molecule has 2 aromatic carbocycles. The van der Waals surface area contributed by atoms with E-state index < -0.39 is 11.7 Å². The Balaban J connectivity index is 1.58. The zero-order valence-electron chi connectivity index (χ0n) is 23.2. The molecule has 6 rings (SSSR count). The van der Waals surface area contributed by atoms with E-state index in [-0.39, 0.29) is 12.6 Å². The van der Waals surface area contributed by atoms with Crippen molar-refractivity contribution in [1.29, 1.82) is 0 Å². The monoisotopic (exact) mass is 560 g/mol. The number of aliphatic hydroxyl groups excluding tert-OH is 1. The zero-order chi connectivity index (χ0) is 28.9. The lowest BCUT2D eigenvalue weighted by molar-refractivity contribution is -0.138. The molecule has 0 aliphatic carbocycles. The number of nitrogens with one attached hydrogen (secondary N) is 1. The van der Waals surface area contributed by atoms with Gasteiger partial charge >= 0.3 is 6.18 Å². The van der Waals surface area contributed by atoms with Gasteiger partial charge in [0.15, 0.2) is 0 Å². The van der Waals surface area contributed by atoms with Gasteiger partial charge in [-0.3, -0.25) is 0 Å². The van der Waals surface area contributed by atoms with Crippen molar-refractivity contribution in [2.24, 2.45) is 0 Å². The highest BCUT2D eigenvalue weighted by molar-refractivity contribution is 5.98. The second-order valence-corrected chi connectivity index (χ2v) is 10.4. The molecule has 5 aromatic rings. The first kappa shape index (κ1) is 27.0. The fraction of sp³-hybridized carbons (Fsp3) is 0.323.